The number of thioether (sulfide) groups is 1. The van der Waals surface area contributed by atoms with E-state index in [0.29, 0.717) is 27.2 Å². The average molecular weight is 548 g/mol. The molecular weight excluding hydrogens is 526 g/mol. The van der Waals surface area contributed by atoms with E-state index < -0.39 is 36.4 Å². The van der Waals surface area contributed by atoms with Gasteiger partial charge in [0, 0.05) is 41.5 Å². The van der Waals surface area contributed by atoms with Crippen molar-refractivity contribution in [3.63, 3.8) is 0 Å². The molecule has 5 heterocycles. The van der Waals surface area contributed by atoms with E-state index in [1.54, 1.807) is 36.2 Å². The van der Waals surface area contributed by atoms with Gasteiger partial charge in [0.1, 0.15) is 41.2 Å². The summed E-state index contributed by atoms with van der Waals surface area (Å²) in [7, 11) is 1.53. The van der Waals surface area contributed by atoms with Gasteiger partial charge in [0.2, 0.25) is 0 Å². The fourth-order valence-electron chi connectivity index (χ4n) is 4.02. The number of aliphatic hydroxyl groups is 2. The van der Waals surface area contributed by atoms with Crippen LogP contribution in [0.5, 0.6) is 0 Å². The summed E-state index contributed by atoms with van der Waals surface area (Å²) >= 11 is 8.91. The van der Waals surface area contributed by atoms with Gasteiger partial charge in [-0.2, -0.15) is 0 Å². The highest BCUT2D eigenvalue weighted by molar-refractivity contribution is 8.00. The Bertz CT molecular complexity index is 1320. The molecule has 0 radical (unpaired) electrons. The van der Waals surface area contributed by atoms with Crippen molar-refractivity contribution >= 4 is 39.8 Å². The molecule has 0 amide bonds. The van der Waals surface area contributed by atoms with E-state index in [2.05, 4.69) is 25.3 Å². The molecule has 5 atom stereocenters. The van der Waals surface area contributed by atoms with E-state index in [-0.39, 0.29) is 0 Å². The van der Waals surface area contributed by atoms with Crippen LogP contribution in [0.4, 0.5) is 5.13 Å². The summed E-state index contributed by atoms with van der Waals surface area (Å²) in [5.74, 6) is 0. The lowest BCUT2D eigenvalue weighted by atomic mass is 9.97. The van der Waals surface area contributed by atoms with Gasteiger partial charge < -0.3 is 25.4 Å². The number of pyridine rings is 2. The summed E-state index contributed by atoms with van der Waals surface area (Å²) < 4.78 is 13.4. The fourth-order valence-corrected chi connectivity index (χ4v) is 6.13. The van der Waals surface area contributed by atoms with E-state index in [9.17, 15) is 10.2 Å². The lowest BCUT2D eigenvalue weighted by Crippen LogP contribution is -2.55. The number of nitrogen functional groups attached to an aromatic ring is 1. The first-order valence-electron chi connectivity index (χ1n) is 10.8. The Balaban J connectivity index is 1.49. The lowest BCUT2D eigenvalue weighted by molar-refractivity contribution is -0.186. The number of aromatic nitrogens is 6. The number of nitrogens with zero attached hydrogens (tertiary/aromatic N) is 6. The van der Waals surface area contributed by atoms with Crippen LogP contribution >= 0.6 is 34.7 Å². The quantitative estimate of drug-likeness (QED) is 0.312. The van der Waals surface area contributed by atoms with Gasteiger partial charge in [-0.15, -0.1) is 16.4 Å². The zero-order valence-electron chi connectivity index (χ0n) is 18.9. The lowest BCUT2D eigenvalue weighted by Gasteiger charge is -2.43. The molecule has 4 aromatic heterocycles. The summed E-state index contributed by atoms with van der Waals surface area (Å²) in [5, 5.41) is 32.2. The Hall–Kier alpha value is -2.65. The van der Waals surface area contributed by atoms with Gasteiger partial charge in [-0.1, -0.05) is 28.6 Å². The standard InChI is InChI=1S/C22H22ClN7O4S2/c1-33-20-18(30-8-13(28-29-30)14-10-35-22(24)27-14)19(32)15(9-31)34-21(20)36-16-6-12(23)7-26-17(16)11-2-4-25-5-3-11/h2-8,10,15,18-21,31-32H,9H2,1H3,(H2,24,27)/t15-,18+,19+,20-,21-/m1/s1. The molecule has 0 unspecified atom stereocenters. The Morgan fingerprint density at radius 2 is 2.11 bits per heavy atom. The normalized spacial score (nSPS) is 24.2. The van der Waals surface area contributed by atoms with Crippen LogP contribution < -0.4 is 5.73 Å². The molecular formula is C22H22ClN7O4S2. The minimum absolute atomic E-state index is 0.402. The van der Waals surface area contributed by atoms with Crippen molar-refractivity contribution in [3.05, 3.63) is 53.4 Å². The van der Waals surface area contributed by atoms with E-state index in [1.807, 2.05) is 12.1 Å². The predicted molar refractivity (Wildman–Crippen MR) is 135 cm³/mol. The van der Waals surface area contributed by atoms with E-state index in [4.69, 9.17) is 26.8 Å². The number of hydrogen-bond acceptors (Lipinski definition) is 12. The molecule has 4 aromatic rings. The van der Waals surface area contributed by atoms with Crippen molar-refractivity contribution in [1.82, 2.24) is 29.9 Å². The van der Waals surface area contributed by atoms with Crippen molar-refractivity contribution in [1.29, 1.82) is 0 Å². The highest BCUT2D eigenvalue weighted by Gasteiger charge is 2.47. The van der Waals surface area contributed by atoms with Crippen LogP contribution in [0.3, 0.4) is 0 Å². The van der Waals surface area contributed by atoms with Crippen LogP contribution in [0.15, 0.2) is 53.3 Å². The monoisotopic (exact) mass is 547 g/mol. The minimum Gasteiger partial charge on any atom is -0.394 e. The molecule has 188 valence electrons. The molecule has 5 rings (SSSR count). The van der Waals surface area contributed by atoms with Crippen molar-refractivity contribution in [3.8, 4) is 22.6 Å². The number of halogens is 1. The van der Waals surface area contributed by atoms with Crippen molar-refractivity contribution in [2.45, 2.75) is 34.7 Å². The molecule has 4 N–H and O–H groups in total. The van der Waals surface area contributed by atoms with Crippen LogP contribution in [0.1, 0.15) is 6.04 Å². The predicted octanol–water partition coefficient (Wildman–Crippen LogP) is 2.52. The number of anilines is 1. The first-order chi connectivity index (χ1) is 17.5. The Kier molecular flexibility index (Phi) is 7.48. The number of rotatable bonds is 7. The first-order valence-corrected chi connectivity index (χ1v) is 12.9. The minimum atomic E-state index is -1.12. The number of methoxy groups -OCH3 is 1. The largest absolute Gasteiger partial charge is 0.394 e. The Morgan fingerprint density at radius 1 is 1.31 bits per heavy atom. The molecule has 36 heavy (non-hydrogen) atoms. The zero-order valence-corrected chi connectivity index (χ0v) is 21.3. The topological polar surface area (TPSA) is 154 Å². The number of thiazole rings is 1. The second-order valence-electron chi connectivity index (χ2n) is 7.92. The molecule has 1 aliphatic heterocycles. The molecule has 11 nitrogen and oxygen atoms in total. The number of nitrogens with two attached hydrogens (primary N) is 1. The molecule has 1 saturated heterocycles. The van der Waals surface area contributed by atoms with E-state index in [0.717, 1.165) is 10.5 Å². The fraction of sp³-hybridized carbons (Fsp3) is 0.318. The third-order valence-electron chi connectivity index (χ3n) is 5.71. The van der Waals surface area contributed by atoms with Gasteiger partial charge >= 0.3 is 0 Å². The summed E-state index contributed by atoms with van der Waals surface area (Å²) in [4.78, 5) is 13.6. The molecule has 1 aliphatic rings. The van der Waals surface area contributed by atoms with Crippen LogP contribution in [0.25, 0.3) is 22.6 Å². The number of ether oxygens (including phenoxy) is 2. The van der Waals surface area contributed by atoms with E-state index >= 15 is 0 Å². The molecule has 0 aliphatic carbocycles. The third kappa shape index (κ3) is 4.95. The average Bonchev–Trinajstić information content (AvgIpc) is 3.54. The van der Waals surface area contributed by atoms with Crippen LogP contribution in [0, 0.1) is 0 Å². The number of hydrogen-bond donors (Lipinski definition) is 3. The maximum Gasteiger partial charge on any atom is 0.180 e. The zero-order chi connectivity index (χ0) is 25.2. The summed E-state index contributed by atoms with van der Waals surface area (Å²) in [5.41, 5.74) is 7.73. The molecule has 0 aromatic carbocycles. The highest BCUT2D eigenvalue weighted by Crippen LogP contribution is 2.42. The SMILES string of the molecule is CO[C@@H]1[C@@H](n2cc(-c3csc(N)n3)nn2)[C@@H](O)[C@@H](CO)O[C@@H]1Sc1cc(Cl)cnc1-c1ccncc1. The van der Waals surface area contributed by atoms with Gasteiger partial charge in [-0.05, 0) is 18.2 Å². The maximum atomic E-state index is 11.1. The van der Waals surface area contributed by atoms with Gasteiger partial charge in [-0.3, -0.25) is 9.97 Å². The molecule has 1 fully saturated rings. The second kappa shape index (κ2) is 10.8. The number of aliphatic hydroxyl groups excluding tert-OH is 2. The summed E-state index contributed by atoms with van der Waals surface area (Å²) in [6.07, 6.45) is 3.92. The Labute approximate surface area is 219 Å². The van der Waals surface area contributed by atoms with Gasteiger partial charge in [0.05, 0.1) is 23.5 Å². The molecule has 0 saturated carbocycles. The molecule has 0 spiro atoms. The van der Waals surface area contributed by atoms with Crippen LogP contribution in [-0.4, -0.2) is 77.6 Å². The van der Waals surface area contributed by atoms with E-state index in [1.165, 1.54) is 34.9 Å². The van der Waals surface area contributed by atoms with Gasteiger partial charge in [0.25, 0.3) is 0 Å². The van der Waals surface area contributed by atoms with Gasteiger partial charge in [-0.25, -0.2) is 9.67 Å². The Morgan fingerprint density at radius 3 is 2.81 bits per heavy atom. The first kappa shape index (κ1) is 25.0. The van der Waals surface area contributed by atoms with Crippen molar-refractivity contribution in [2.75, 3.05) is 19.5 Å². The summed E-state index contributed by atoms with van der Waals surface area (Å²) in [6.45, 7) is -0.402. The second-order valence-corrected chi connectivity index (χ2v) is 10.4. The van der Waals surface area contributed by atoms with Gasteiger partial charge in [0.15, 0.2) is 5.13 Å². The smallest absolute Gasteiger partial charge is 0.180 e. The third-order valence-corrected chi connectivity index (χ3v) is 7.77. The highest BCUT2D eigenvalue weighted by atomic mass is 35.5. The van der Waals surface area contributed by atoms with Crippen LogP contribution in [-0.2, 0) is 9.47 Å². The molecule has 0 bridgehead atoms. The summed E-state index contributed by atoms with van der Waals surface area (Å²) in [6, 6.07) is 4.77. The molecule has 14 heteroatoms. The van der Waals surface area contributed by atoms with Crippen molar-refractivity contribution < 1.29 is 19.7 Å². The van der Waals surface area contributed by atoms with Crippen LogP contribution in [0.2, 0.25) is 5.02 Å². The maximum absolute atomic E-state index is 11.1. The van der Waals surface area contributed by atoms with Crippen molar-refractivity contribution in [2.24, 2.45) is 0 Å².